The second-order valence-corrected chi connectivity index (χ2v) is 17.8. The maximum absolute atomic E-state index is 14.1. The molecule has 5 N–H and O–H groups in total. The maximum atomic E-state index is 14.1. The molecule has 3 aliphatic carbocycles. The van der Waals surface area contributed by atoms with Crippen LogP contribution in [-0.2, 0) is 14.3 Å². The number of piperidine rings is 1. The molecule has 5 unspecified atom stereocenters. The van der Waals surface area contributed by atoms with Gasteiger partial charge in [0, 0.05) is 42.9 Å². The third-order valence-electron chi connectivity index (χ3n) is 12.4. The first-order chi connectivity index (χ1) is 29.4. The molecule has 3 aromatic rings. The average molecular weight is 881 g/mol. The lowest BCUT2D eigenvalue weighted by Crippen LogP contribution is -2.60. The number of allylic oxidation sites excluding steroid dienone is 4. The number of carbonyl (C=O) groups excluding carboxylic acids is 4. The van der Waals surface area contributed by atoms with E-state index in [1.807, 2.05) is 18.7 Å². The quantitative estimate of drug-likeness (QED) is 0.0997. The summed E-state index contributed by atoms with van der Waals surface area (Å²) >= 11 is 6.59. The molecule has 14 nitrogen and oxygen atoms in total. The van der Waals surface area contributed by atoms with Crippen molar-refractivity contribution >= 4 is 58.1 Å². The summed E-state index contributed by atoms with van der Waals surface area (Å²) in [5.74, 6) is -0.0112. The van der Waals surface area contributed by atoms with E-state index >= 15 is 0 Å². The third-order valence-corrected chi connectivity index (χ3v) is 12.7. The van der Waals surface area contributed by atoms with Gasteiger partial charge in [-0.3, -0.25) is 14.4 Å². The highest BCUT2D eigenvalue weighted by molar-refractivity contribution is 6.34. The normalized spacial score (nSPS) is 21.9. The lowest BCUT2D eigenvalue weighted by molar-refractivity contribution is -0.274. The molecule has 1 saturated heterocycles. The Labute approximate surface area is 362 Å². The number of alkyl halides is 3. The van der Waals surface area contributed by atoms with Gasteiger partial charge in [0.15, 0.2) is 0 Å². The van der Waals surface area contributed by atoms with Crippen LogP contribution in [0.4, 0.5) is 29.5 Å². The molecule has 1 aromatic carbocycles. The molecule has 1 aliphatic heterocycles. The Bertz CT molecular complexity index is 2260. The number of H-pyrrole nitrogens is 1. The van der Waals surface area contributed by atoms with Crippen molar-refractivity contribution in [3.63, 3.8) is 0 Å². The number of amides is 4. The van der Waals surface area contributed by atoms with Gasteiger partial charge in [-0.2, -0.15) is 0 Å². The van der Waals surface area contributed by atoms with E-state index in [-0.39, 0.29) is 63.0 Å². The second kappa shape index (κ2) is 18.0. The predicted molar refractivity (Wildman–Crippen MR) is 227 cm³/mol. The Morgan fingerprint density at radius 1 is 1.00 bits per heavy atom. The van der Waals surface area contributed by atoms with E-state index < -0.39 is 30.2 Å². The van der Waals surface area contributed by atoms with Crippen molar-refractivity contribution in [2.24, 2.45) is 23.2 Å². The fourth-order valence-electron chi connectivity index (χ4n) is 8.55. The van der Waals surface area contributed by atoms with E-state index in [0.717, 1.165) is 37.3 Å². The summed E-state index contributed by atoms with van der Waals surface area (Å²) in [5, 5.41) is 11.3. The van der Waals surface area contributed by atoms with E-state index in [4.69, 9.17) is 21.3 Å². The molecule has 2 aromatic heterocycles. The van der Waals surface area contributed by atoms with Crippen LogP contribution in [0.5, 0.6) is 5.75 Å². The molecular formula is C44H52ClF3N8O6. The van der Waals surface area contributed by atoms with Gasteiger partial charge in [0.2, 0.25) is 11.8 Å². The first-order valence-corrected chi connectivity index (χ1v) is 21.3. The first kappa shape index (κ1) is 44.5. The lowest BCUT2D eigenvalue weighted by atomic mass is 9.71. The van der Waals surface area contributed by atoms with Crippen molar-refractivity contribution < 1.29 is 41.8 Å². The molecule has 0 bridgehead atoms. The highest BCUT2D eigenvalue weighted by Crippen LogP contribution is 2.51. The first-order valence-electron chi connectivity index (χ1n) is 20.9. The van der Waals surface area contributed by atoms with Gasteiger partial charge in [0.25, 0.3) is 5.91 Å². The second-order valence-electron chi connectivity index (χ2n) is 17.4. The van der Waals surface area contributed by atoms with E-state index in [0.29, 0.717) is 61.2 Å². The van der Waals surface area contributed by atoms with Crippen LogP contribution in [0.2, 0.25) is 5.02 Å². The Kier molecular flexibility index (Phi) is 12.9. The number of methoxy groups -OCH3 is 1. The molecule has 2 saturated carbocycles. The number of aromatic amines is 1. The van der Waals surface area contributed by atoms with Crippen LogP contribution in [0.3, 0.4) is 0 Å². The molecule has 0 radical (unpaired) electrons. The van der Waals surface area contributed by atoms with Crippen LogP contribution in [0, 0.1) is 23.2 Å². The standard InChI is InChI=1S/C44H52ClF3N8O6/c1-23(2)37(55-42(60)61-5)41(59)56-33-13-10-26(33)11-14-34(56)38-52-22-32(53-38)25-8-6-24(7-9-25)28-18-30(45)31(19-35(28)62-44(46,47)48)54-39(57)27-12-15-36(51-21-27)49-16-17-50-40(58)29-20-43(29,3)4/h6,8,12,15,18-19,21-23,26,29,33-34,37H,7,9-11,13-14,16-17,20H2,1-5H3,(H,49,51)(H,50,58)(H,52,53)(H,54,57)(H,55,60). The zero-order chi connectivity index (χ0) is 44.5. The zero-order valence-corrected chi connectivity index (χ0v) is 36.0. The SMILES string of the molecule is COC(=O)NC(C(=O)N1C(c2ncc(C3=CC=C(c4cc(Cl)c(NC(=O)c5ccc(NCCNC(=O)C6CC6(C)C)nc5)cc4OC(F)(F)F)CC3)[nH]2)CCC2CCC21)C(C)C. The van der Waals surface area contributed by atoms with Crippen molar-refractivity contribution in [1.82, 2.24) is 30.5 Å². The van der Waals surface area contributed by atoms with E-state index in [9.17, 15) is 32.3 Å². The predicted octanol–water partition coefficient (Wildman–Crippen LogP) is 8.27. The number of aromatic nitrogens is 3. The van der Waals surface area contributed by atoms with Gasteiger partial charge in [0.1, 0.15) is 23.4 Å². The number of fused-ring (bicyclic) bond motifs is 1. The molecule has 3 fully saturated rings. The highest BCUT2D eigenvalue weighted by Gasteiger charge is 2.50. The Balaban J connectivity index is 1.03. The fraction of sp³-hybridized carbons (Fsp3) is 0.500. The zero-order valence-electron chi connectivity index (χ0n) is 35.2. The van der Waals surface area contributed by atoms with Crippen molar-refractivity contribution in [1.29, 1.82) is 0 Å². The molecule has 4 aliphatic rings. The number of pyridine rings is 1. The summed E-state index contributed by atoms with van der Waals surface area (Å²) < 4.78 is 50.5. The Morgan fingerprint density at radius 2 is 1.73 bits per heavy atom. The third kappa shape index (κ3) is 10.0. The Hall–Kier alpha value is -5.58. The van der Waals surface area contributed by atoms with E-state index in [1.54, 1.807) is 24.4 Å². The molecule has 3 heterocycles. The largest absolute Gasteiger partial charge is 0.573 e. The number of ether oxygens (including phenoxy) is 2. The number of hydrogen-bond acceptors (Lipinski definition) is 9. The van der Waals surface area contributed by atoms with Gasteiger partial charge >= 0.3 is 12.5 Å². The van der Waals surface area contributed by atoms with Crippen LogP contribution < -0.4 is 26.0 Å². The fourth-order valence-corrected chi connectivity index (χ4v) is 8.76. The van der Waals surface area contributed by atoms with Crippen LogP contribution in [-0.4, -0.2) is 82.3 Å². The number of nitrogens with one attached hydrogen (secondary N) is 5. The smallest absolute Gasteiger partial charge is 0.453 e. The van der Waals surface area contributed by atoms with Crippen LogP contribution >= 0.6 is 11.6 Å². The maximum Gasteiger partial charge on any atom is 0.573 e. The van der Waals surface area contributed by atoms with Gasteiger partial charge in [0.05, 0.1) is 41.3 Å². The summed E-state index contributed by atoms with van der Waals surface area (Å²) in [4.78, 5) is 65.9. The van der Waals surface area contributed by atoms with Crippen molar-refractivity contribution in [3.05, 3.63) is 76.5 Å². The Morgan fingerprint density at radius 3 is 2.34 bits per heavy atom. The molecule has 0 spiro atoms. The van der Waals surface area contributed by atoms with Gasteiger partial charge in [-0.1, -0.05) is 51.4 Å². The van der Waals surface area contributed by atoms with Crippen LogP contribution in [0.25, 0.3) is 11.1 Å². The number of hydrogen-bond donors (Lipinski definition) is 5. The van der Waals surface area contributed by atoms with E-state index in [2.05, 4.69) is 49.8 Å². The summed E-state index contributed by atoms with van der Waals surface area (Å²) in [6.45, 7) is 8.67. The molecule has 4 amide bonds. The molecule has 18 heteroatoms. The van der Waals surface area contributed by atoms with Crippen molar-refractivity contribution in [3.8, 4) is 5.75 Å². The summed E-state index contributed by atoms with van der Waals surface area (Å²) in [6, 6.07) is 4.41. The van der Waals surface area contributed by atoms with Gasteiger partial charge in [-0.25, -0.2) is 14.8 Å². The van der Waals surface area contributed by atoms with Gasteiger partial charge in [-0.05, 0) is 91.5 Å². The molecule has 62 heavy (non-hydrogen) atoms. The molecule has 7 rings (SSSR count). The minimum atomic E-state index is -5.03. The van der Waals surface area contributed by atoms with Crippen molar-refractivity contribution in [2.75, 3.05) is 30.8 Å². The number of alkyl carbamates (subject to hydrolysis) is 1. The summed E-state index contributed by atoms with van der Waals surface area (Å²) in [5.41, 5.74) is 2.32. The molecule has 5 atom stereocenters. The van der Waals surface area contributed by atoms with Crippen molar-refractivity contribution in [2.45, 2.75) is 97.1 Å². The minimum Gasteiger partial charge on any atom is -0.453 e. The average Bonchev–Trinajstić information content (AvgIpc) is 3.59. The summed E-state index contributed by atoms with van der Waals surface area (Å²) in [6.07, 6.45) is 6.01. The summed E-state index contributed by atoms with van der Waals surface area (Å²) in [7, 11) is 1.26. The van der Waals surface area contributed by atoms with E-state index in [1.165, 1.54) is 25.4 Å². The number of halogens is 4. The minimum absolute atomic E-state index is 0.00131. The highest BCUT2D eigenvalue weighted by atomic mass is 35.5. The lowest BCUT2D eigenvalue weighted by Gasteiger charge is -2.52. The number of likely N-dealkylation sites (tertiary alicyclic amines) is 1. The number of benzene rings is 1. The monoisotopic (exact) mass is 880 g/mol. The number of rotatable bonds is 14. The van der Waals surface area contributed by atoms with Crippen LogP contribution in [0.1, 0.15) is 106 Å². The van der Waals surface area contributed by atoms with Crippen LogP contribution in [0.15, 0.2) is 48.8 Å². The number of anilines is 2. The van der Waals surface area contributed by atoms with Gasteiger partial charge in [-0.15, -0.1) is 13.2 Å². The number of carbonyl (C=O) groups is 4. The number of nitrogens with zero attached hydrogens (tertiary/aromatic N) is 3. The molecular weight excluding hydrogens is 829 g/mol. The molecule has 332 valence electrons. The van der Waals surface area contributed by atoms with Gasteiger partial charge < -0.3 is 40.6 Å². The number of imidazole rings is 1. The topological polar surface area (TPSA) is 180 Å².